The van der Waals surface area contributed by atoms with Gasteiger partial charge >= 0.3 is 0 Å². The third kappa shape index (κ3) is 2.55. The quantitative estimate of drug-likeness (QED) is 0.372. The Balaban J connectivity index is 2.57. The van der Waals surface area contributed by atoms with Crippen molar-refractivity contribution in [2.24, 2.45) is 17.3 Å². The lowest BCUT2D eigenvalue weighted by Crippen LogP contribution is -2.81. The molecular weight excluding hydrogens is 416 g/mol. The fourth-order valence-corrected chi connectivity index (χ4v) is 6.20. The molecule has 0 amide bonds. The van der Waals surface area contributed by atoms with Crippen molar-refractivity contribution in [3.05, 3.63) is 48.8 Å². The van der Waals surface area contributed by atoms with Crippen molar-refractivity contribution in [3.63, 3.8) is 0 Å². The number of ketones is 2. The summed E-state index contributed by atoms with van der Waals surface area (Å²) in [6.07, 6.45) is 7.53. The maximum Gasteiger partial charge on any atom is 0.256 e. The van der Waals surface area contributed by atoms with E-state index in [1.54, 1.807) is 24.3 Å². The summed E-state index contributed by atoms with van der Waals surface area (Å²) in [6, 6.07) is 0. The van der Waals surface area contributed by atoms with Crippen LogP contribution in [0.15, 0.2) is 48.8 Å². The van der Waals surface area contributed by atoms with Crippen LogP contribution in [0.3, 0.4) is 0 Å². The predicted octanol–water partition coefficient (Wildman–Crippen LogP) is 2.36. The number of hydrogen-bond acceptors (Lipinski definition) is 8. The third-order valence-corrected chi connectivity index (χ3v) is 7.39. The van der Waals surface area contributed by atoms with Crippen molar-refractivity contribution in [1.29, 1.82) is 0 Å². The van der Waals surface area contributed by atoms with Crippen LogP contribution in [0.5, 0.6) is 0 Å². The predicted molar refractivity (Wildman–Crippen MR) is 115 cm³/mol. The zero-order valence-electron chi connectivity index (χ0n) is 19.6. The highest BCUT2D eigenvalue weighted by atomic mass is 16.7. The number of carbonyl (C=O) groups is 2. The zero-order chi connectivity index (χ0) is 23.9. The van der Waals surface area contributed by atoms with Gasteiger partial charge in [-0.2, -0.15) is 0 Å². The molecule has 1 saturated carbocycles. The minimum absolute atomic E-state index is 0.0164. The summed E-state index contributed by atoms with van der Waals surface area (Å²) in [4.78, 5) is 27.8. The number of Topliss-reactive ketones (excluding diaryl/α,β-unsaturated/α-hetero) is 2. The van der Waals surface area contributed by atoms with E-state index in [-0.39, 0.29) is 12.2 Å². The van der Waals surface area contributed by atoms with Gasteiger partial charge in [-0.3, -0.25) is 9.59 Å². The molecule has 176 valence electrons. The molecule has 0 spiro atoms. The number of rotatable bonds is 10. The molecule has 0 N–H and O–H groups in total. The van der Waals surface area contributed by atoms with Crippen LogP contribution in [0.1, 0.15) is 12.8 Å². The first-order valence-electron chi connectivity index (χ1n) is 10.3. The Morgan fingerprint density at radius 3 is 1.91 bits per heavy atom. The maximum atomic E-state index is 14.2. The van der Waals surface area contributed by atoms with Crippen LogP contribution in [0, 0.1) is 17.3 Å². The van der Waals surface area contributed by atoms with Gasteiger partial charge in [-0.15, -0.1) is 13.2 Å². The normalized spacial score (nSPS) is 34.4. The van der Waals surface area contributed by atoms with E-state index in [1.165, 1.54) is 42.7 Å². The SMILES string of the molecule is C=CCC1=CC2(OC)C(=O)C(OC)(OC)[C@H]1[C@@H]1C(OC)(OC)C(=O)C(OC)=C[C@@]12CC=C. The van der Waals surface area contributed by atoms with E-state index in [1.807, 2.05) is 0 Å². The largest absolute Gasteiger partial charge is 0.493 e. The van der Waals surface area contributed by atoms with E-state index in [9.17, 15) is 9.59 Å². The Bertz CT molecular complexity index is 878. The molecule has 8 nitrogen and oxygen atoms in total. The zero-order valence-corrected chi connectivity index (χ0v) is 19.6. The fourth-order valence-electron chi connectivity index (χ4n) is 6.20. The van der Waals surface area contributed by atoms with Crippen LogP contribution in [-0.2, 0) is 38.0 Å². The van der Waals surface area contributed by atoms with E-state index in [2.05, 4.69) is 13.2 Å². The molecule has 0 aliphatic heterocycles. The lowest BCUT2D eigenvalue weighted by Gasteiger charge is -2.67. The van der Waals surface area contributed by atoms with Crippen LogP contribution in [0.2, 0.25) is 0 Å². The number of hydrogen-bond donors (Lipinski definition) is 0. The summed E-state index contributed by atoms with van der Waals surface area (Å²) < 4.78 is 34.8. The summed E-state index contributed by atoms with van der Waals surface area (Å²) in [5, 5.41) is 0. The fraction of sp³-hybridized carbons (Fsp3) is 0.583. The second kappa shape index (κ2) is 8.35. The first kappa shape index (κ1) is 24.5. The van der Waals surface area contributed by atoms with Crippen LogP contribution >= 0.6 is 0 Å². The van der Waals surface area contributed by atoms with E-state index in [0.717, 1.165) is 5.57 Å². The average molecular weight is 449 g/mol. The molecule has 0 aromatic carbocycles. The summed E-state index contributed by atoms with van der Waals surface area (Å²) in [5.74, 6) is -5.98. The van der Waals surface area contributed by atoms with Crippen molar-refractivity contribution >= 4 is 11.6 Å². The number of carbonyl (C=O) groups excluding carboxylic acids is 2. The Hall–Kier alpha value is -2.10. The summed E-state index contributed by atoms with van der Waals surface area (Å²) in [6.45, 7) is 7.77. The minimum Gasteiger partial charge on any atom is -0.493 e. The molecule has 32 heavy (non-hydrogen) atoms. The topological polar surface area (TPSA) is 89.5 Å². The number of ether oxygens (including phenoxy) is 6. The third-order valence-electron chi connectivity index (χ3n) is 7.39. The van der Waals surface area contributed by atoms with E-state index in [4.69, 9.17) is 28.4 Å². The highest BCUT2D eigenvalue weighted by Crippen LogP contribution is 2.69. The molecule has 8 heteroatoms. The van der Waals surface area contributed by atoms with Gasteiger partial charge in [-0.25, -0.2) is 0 Å². The molecule has 4 rings (SSSR count). The Kier molecular flexibility index (Phi) is 6.40. The number of methoxy groups -OCH3 is 6. The Morgan fingerprint density at radius 1 is 0.875 bits per heavy atom. The molecule has 4 atom stereocenters. The average Bonchev–Trinajstić information content (AvgIpc) is 2.81. The second-order valence-electron chi connectivity index (χ2n) is 8.16. The highest BCUT2D eigenvalue weighted by molar-refractivity contribution is 6.05. The molecule has 4 aliphatic rings. The smallest absolute Gasteiger partial charge is 0.256 e. The molecule has 1 fully saturated rings. The maximum absolute atomic E-state index is 14.2. The summed E-state index contributed by atoms with van der Waals surface area (Å²) >= 11 is 0. The molecule has 0 heterocycles. The molecule has 2 bridgehead atoms. The van der Waals surface area contributed by atoms with E-state index in [0.29, 0.717) is 6.42 Å². The summed E-state index contributed by atoms with van der Waals surface area (Å²) in [7, 11) is 8.41. The van der Waals surface area contributed by atoms with Crippen molar-refractivity contribution in [2.75, 3.05) is 42.7 Å². The monoisotopic (exact) mass is 448 g/mol. The van der Waals surface area contributed by atoms with Crippen LogP contribution in [-0.4, -0.2) is 71.4 Å². The molecular formula is C24H32O8. The molecule has 4 aliphatic carbocycles. The van der Waals surface area contributed by atoms with Crippen molar-refractivity contribution in [2.45, 2.75) is 30.0 Å². The van der Waals surface area contributed by atoms with Crippen molar-refractivity contribution in [3.8, 4) is 0 Å². The summed E-state index contributed by atoms with van der Waals surface area (Å²) in [5.41, 5.74) is -1.95. The van der Waals surface area contributed by atoms with Gasteiger partial charge in [0.25, 0.3) is 5.78 Å². The first-order valence-corrected chi connectivity index (χ1v) is 10.3. The van der Waals surface area contributed by atoms with Crippen LogP contribution < -0.4 is 0 Å². The van der Waals surface area contributed by atoms with E-state index < -0.39 is 46.0 Å². The van der Waals surface area contributed by atoms with Crippen LogP contribution in [0.25, 0.3) is 0 Å². The van der Waals surface area contributed by atoms with Crippen molar-refractivity contribution < 1.29 is 38.0 Å². The van der Waals surface area contributed by atoms with Gasteiger partial charge < -0.3 is 28.4 Å². The van der Waals surface area contributed by atoms with Crippen molar-refractivity contribution in [1.82, 2.24) is 0 Å². The standard InChI is InChI=1S/C24H32O8/c1-9-11-15-13-22(28-4)20(26)23(29-5,30-6)17(15)18-21(22,12-10-2)14-16(27-3)19(25)24(18,31-7)32-8/h9-10,13-14,17-18H,1-2,11-12H2,3-8H3/t17-,18+,21+,22?/m1/s1. The highest BCUT2D eigenvalue weighted by Gasteiger charge is 2.82. The number of allylic oxidation sites excluding steroid dienone is 2. The van der Waals surface area contributed by atoms with Gasteiger partial charge in [0.15, 0.2) is 11.4 Å². The minimum atomic E-state index is -1.80. The van der Waals surface area contributed by atoms with Gasteiger partial charge in [0.05, 0.1) is 13.0 Å². The molecule has 1 unspecified atom stereocenters. The molecule has 0 saturated heterocycles. The first-order chi connectivity index (χ1) is 15.3. The van der Waals surface area contributed by atoms with Gasteiger partial charge in [0, 0.05) is 46.9 Å². The molecule has 0 aromatic heterocycles. The Labute approximate surface area is 188 Å². The molecule has 0 aromatic rings. The lowest BCUT2D eigenvalue weighted by atomic mass is 9.41. The molecule has 0 radical (unpaired) electrons. The lowest BCUT2D eigenvalue weighted by molar-refractivity contribution is -0.330. The Morgan fingerprint density at radius 2 is 1.47 bits per heavy atom. The van der Waals surface area contributed by atoms with Gasteiger partial charge in [-0.05, 0) is 25.0 Å². The number of fused-ring (bicyclic) bond motifs is 1. The van der Waals surface area contributed by atoms with Gasteiger partial charge in [0.1, 0.15) is 0 Å². The van der Waals surface area contributed by atoms with Gasteiger partial charge in [-0.1, -0.05) is 17.7 Å². The second-order valence-corrected chi connectivity index (χ2v) is 8.16. The van der Waals surface area contributed by atoms with Crippen LogP contribution in [0.4, 0.5) is 0 Å². The van der Waals surface area contributed by atoms with Gasteiger partial charge in [0.2, 0.25) is 17.4 Å². The van der Waals surface area contributed by atoms with E-state index >= 15 is 0 Å².